The first-order valence-electron chi connectivity index (χ1n) is 6.66. The fraction of sp³-hybridized carbons (Fsp3) is 0.500. The molecule has 0 bridgehead atoms. The van der Waals surface area contributed by atoms with Gasteiger partial charge in [0.2, 0.25) is 0 Å². The first-order chi connectivity index (χ1) is 8.73. The predicted octanol–water partition coefficient (Wildman–Crippen LogP) is 2.02. The Labute approximate surface area is 106 Å². The minimum absolute atomic E-state index is 0.112. The van der Waals surface area contributed by atoms with Gasteiger partial charge in [-0.15, -0.1) is 0 Å². The van der Waals surface area contributed by atoms with Crippen molar-refractivity contribution >= 4 is 11.0 Å². The van der Waals surface area contributed by atoms with Gasteiger partial charge in [-0.1, -0.05) is 25.3 Å². The van der Waals surface area contributed by atoms with Crippen LogP contribution in [0.2, 0.25) is 0 Å². The van der Waals surface area contributed by atoms with Crippen LogP contribution in [0.3, 0.4) is 0 Å². The highest BCUT2D eigenvalue weighted by atomic mass is 16.1. The smallest absolute Gasteiger partial charge is 0.323 e. The van der Waals surface area contributed by atoms with Gasteiger partial charge in [-0.2, -0.15) is 0 Å². The molecule has 0 spiro atoms. The summed E-state index contributed by atoms with van der Waals surface area (Å²) in [5.74, 6) is 0. The van der Waals surface area contributed by atoms with Crippen molar-refractivity contribution in [3.8, 4) is 0 Å². The molecule has 0 atom stereocenters. The second kappa shape index (κ2) is 4.28. The molecule has 1 aromatic heterocycles. The van der Waals surface area contributed by atoms with E-state index in [9.17, 15) is 4.79 Å². The minimum Gasteiger partial charge on any atom is -0.330 e. The Morgan fingerprint density at radius 1 is 1.11 bits per heavy atom. The second-order valence-corrected chi connectivity index (χ2v) is 5.38. The number of imidazole rings is 1. The number of benzene rings is 1. The van der Waals surface area contributed by atoms with Gasteiger partial charge in [0.15, 0.2) is 0 Å². The van der Waals surface area contributed by atoms with Gasteiger partial charge in [-0.05, 0) is 30.5 Å². The molecule has 1 saturated carbocycles. The maximum absolute atomic E-state index is 11.3. The molecule has 1 aromatic carbocycles. The van der Waals surface area contributed by atoms with Gasteiger partial charge in [0, 0.05) is 12.0 Å². The van der Waals surface area contributed by atoms with Crippen molar-refractivity contribution in [2.45, 2.75) is 37.5 Å². The van der Waals surface area contributed by atoms with E-state index < -0.39 is 0 Å². The van der Waals surface area contributed by atoms with Crippen molar-refractivity contribution in [3.63, 3.8) is 0 Å². The Morgan fingerprint density at radius 3 is 2.56 bits per heavy atom. The van der Waals surface area contributed by atoms with E-state index >= 15 is 0 Å². The van der Waals surface area contributed by atoms with Crippen LogP contribution in [-0.4, -0.2) is 16.5 Å². The Morgan fingerprint density at radius 2 is 1.83 bits per heavy atom. The fourth-order valence-electron chi connectivity index (χ4n) is 3.20. The molecule has 4 heteroatoms. The minimum atomic E-state index is -0.146. The van der Waals surface area contributed by atoms with Crippen LogP contribution in [0.15, 0.2) is 23.0 Å². The molecular weight excluding hydrogens is 226 g/mol. The lowest BCUT2D eigenvalue weighted by Gasteiger charge is -2.36. The summed E-state index contributed by atoms with van der Waals surface area (Å²) in [6.45, 7) is 0.688. The normalized spacial score (nSPS) is 19.2. The van der Waals surface area contributed by atoms with Crippen molar-refractivity contribution in [2.24, 2.45) is 5.73 Å². The zero-order chi connectivity index (χ0) is 12.6. The van der Waals surface area contributed by atoms with Gasteiger partial charge in [0.25, 0.3) is 0 Å². The summed E-state index contributed by atoms with van der Waals surface area (Å²) in [6.07, 6.45) is 6.12. The van der Waals surface area contributed by atoms with Gasteiger partial charge in [-0.25, -0.2) is 4.79 Å². The highest BCUT2D eigenvalue weighted by molar-refractivity contribution is 5.75. The molecule has 0 aliphatic heterocycles. The van der Waals surface area contributed by atoms with Crippen LogP contribution in [0.25, 0.3) is 11.0 Å². The number of nitrogens with two attached hydrogens (primary N) is 1. The number of aromatic nitrogens is 2. The van der Waals surface area contributed by atoms with E-state index in [2.05, 4.69) is 22.1 Å². The Kier molecular flexibility index (Phi) is 2.74. The number of hydrogen-bond acceptors (Lipinski definition) is 2. The quantitative estimate of drug-likeness (QED) is 0.757. The highest BCUT2D eigenvalue weighted by Gasteiger charge is 2.32. The third-order valence-corrected chi connectivity index (χ3v) is 4.33. The van der Waals surface area contributed by atoms with E-state index in [0.717, 1.165) is 23.9 Å². The van der Waals surface area contributed by atoms with E-state index in [1.807, 2.05) is 6.07 Å². The first-order valence-corrected chi connectivity index (χ1v) is 6.66. The molecule has 0 unspecified atom stereocenters. The summed E-state index contributed by atoms with van der Waals surface area (Å²) in [6, 6.07) is 6.18. The van der Waals surface area contributed by atoms with Crippen LogP contribution < -0.4 is 11.4 Å². The van der Waals surface area contributed by atoms with E-state index in [1.54, 1.807) is 0 Å². The number of fused-ring (bicyclic) bond motifs is 1. The summed E-state index contributed by atoms with van der Waals surface area (Å²) in [7, 11) is 0. The molecule has 0 amide bonds. The first kappa shape index (κ1) is 11.5. The number of H-pyrrole nitrogens is 2. The number of aromatic amines is 2. The average molecular weight is 245 g/mol. The number of nitrogens with one attached hydrogen (secondary N) is 2. The molecule has 4 N–H and O–H groups in total. The van der Waals surface area contributed by atoms with Gasteiger partial charge in [0.1, 0.15) is 0 Å². The van der Waals surface area contributed by atoms with Gasteiger partial charge in [0.05, 0.1) is 11.0 Å². The number of rotatable bonds is 2. The summed E-state index contributed by atoms with van der Waals surface area (Å²) in [4.78, 5) is 16.9. The van der Waals surface area contributed by atoms with Gasteiger partial charge >= 0.3 is 5.69 Å². The van der Waals surface area contributed by atoms with Crippen LogP contribution in [-0.2, 0) is 5.41 Å². The van der Waals surface area contributed by atoms with Crippen molar-refractivity contribution in [1.29, 1.82) is 0 Å². The lowest BCUT2D eigenvalue weighted by Crippen LogP contribution is -2.37. The van der Waals surface area contributed by atoms with E-state index in [-0.39, 0.29) is 11.1 Å². The summed E-state index contributed by atoms with van der Waals surface area (Å²) < 4.78 is 0. The second-order valence-electron chi connectivity index (χ2n) is 5.38. The highest BCUT2D eigenvalue weighted by Crippen LogP contribution is 2.39. The van der Waals surface area contributed by atoms with Crippen LogP contribution in [0.1, 0.15) is 37.7 Å². The standard InChI is InChI=1S/C14H19N3O/c15-9-14(6-2-1-3-7-14)10-4-5-11-12(8-10)17-13(18)16-11/h4-5,8H,1-3,6-7,9,15H2,(H2,16,17,18). The van der Waals surface area contributed by atoms with E-state index in [0.29, 0.717) is 6.54 Å². The van der Waals surface area contributed by atoms with Crippen LogP contribution in [0, 0.1) is 0 Å². The Balaban J connectivity index is 2.08. The van der Waals surface area contributed by atoms with Crippen LogP contribution >= 0.6 is 0 Å². The van der Waals surface area contributed by atoms with E-state index in [1.165, 1.54) is 24.8 Å². The third-order valence-electron chi connectivity index (χ3n) is 4.33. The molecular formula is C14H19N3O. The Hall–Kier alpha value is -1.55. The van der Waals surface area contributed by atoms with Crippen LogP contribution in [0.5, 0.6) is 0 Å². The summed E-state index contributed by atoms with van der Waals surface area (Å²) >= 11 is 0. The lowest BCUT2D eigenvalue weighted by atomic mass is 9.69. The van der Waals surface area contributed by atoms with Crippen molar-refractivity contribution in [1.82, 2.24) is 9.97 Å². The molecule has 1 fully saturated rings. The summed E-state index contributed by atoms with van der Waals surface area (Å²) in [5.41, 5.74) is 9.03. The average Bonchev–Trinajstić information content (AvgIpc) is 2.78. The molecule has 4 nitrogen and oxygen atoms in total. The largest absolute Gasteiger partial charge is 0.330 e. The molecule has 1 aliphatic carbocycles. The van der Waals surface area contributed by atoms with Crippen molar-refractivity contribution in [2.75, 3.05) is 6.54 Å². The zero-order valence-electron chi connectivity index (χ0n) is 10.5. The molecule has 3 rings (SSSR count). The predicted molar refractivity (Wildman–Crippen MR) is 72.7 cm³/mol. The monoisotopic (exact) mass is 245 g/mol. The van der Waals surface area contributed by atoms with E-state index in [4.69, 9.17) is 5.73 Å². The summed E-state index contributed by atoms with van der Waals surface area (Å²) in [5, 5.41) is 0. The fourth-order valence-corrected chi connectivity index (χ4v) is 3.20. The maximum Gasteiger partial charge on any atom is 0.323 e. The molecule has 0 radical (unpaired) electrons. The lowest BCUT2D eigenvalue weighted by molar-refractivity contribution is 0.301. The molecule has 18 heavy (non-hydrogen) atoms. The van der Waals surface area contributed by atoms with Crippen LogP contribution in [0.4, 0.5) is 0 Å². The maximum atomic E-state index is 11.3. The molecule has 1 aliphatic rings. The van der Waals surface area contributed by atoms with Gasteiger partial charge < -0.3 is 15.7 Å². The zero-order valence-corrected chi connectivity index (χ0v) is 10.5. The molecule has 0 saturated heterocycles. The Bertz CT molecular complexity index is 605. The topological polar surface area (TPSA) is 74.7 Å². The third kappa shape index (κ3) is 1.77. The molecule has 2 aromatic rings. The molecule has 96 valence electrons. The van der Waals surface area contributed by atoms with Crippen molar-refractivity contribution in [3.05, 3.63) is 34.2 Å². The van der Waals surface area contributed by atoms with Crippen molar-refractivity contribution < 1.29 is 0 Å². The van der Waals surface area contributed by atoms with Gasteiger partial charge in [-0.3, -0.25) is 0 Å². The SMILES string of the molecule is NCC1(c2ccc3[nH]c(=O)[nH]c3c2)CCCCC1. The molecule has 1 heterocycles. The number of hydrogen-bond donors (Lipinski definition) is 3.